The minimum Gasteiger partial charge on any atom is -0.456 e. The second kappa shape index (κ2) is 9.19. The van der Waals surface area contributed by atoms with Crippen LogP contribution in [-0.2, 0) is 19.9 Å². The van der Waals surface area contributed by atoms with Crippen molar-refractivity contribution < 1.29 is 19.1 Å². The molecule has 2 aromatic rings. The molecule has 0 unspecified atom stereocenters. The monoisotopic (exact) mass is 394 g/mol. The Balaban J connectivity index is 1.98. The largest absolute Gasteiger partial charge is 0.456 e. The zero-order valence-electron chi connectivity index (χ0n) is 18.0. The second-order valence-electron chi connectivity index (χ2n) is 8.31. The molecule has 0 bridgehead atoms. The van der Waals surface area contributed by atoms with Gasteiger partial charge in [0.1, 0.15) is 5.60 Å². The molecule has 2 aromatic carbocycles. The molecule has 0 heterocycles. The molecule has 0 aromatic heterocycles. The van der Waals surface area contributed by atoms with Crippen LogP contribution in [0, 0.1) is 0 Å². The van der Waals surface area contributed by atoms with Gasteiger partial charge >= 0.3 is 5.97 Å². The van der Waals surface area contributed by atoms with E-state index in [9.17, 15) is 9.59 Å². The fraction of sp³-hybridized carbons (Fsp3) is 0.360. The maximum atomic E-state index is 12.5. The summed E-state index contributed by atoms with van der Waals surface area (Å²) in [5.41, 5.74) is 1.48. The maximum Gasteiger partial charge on any atom is 0.333 e. The quantitative estimate of drug-likeness (QED) is 0.322. The molecule has 0 spiro atoms. The van der Waals surface area contributed by atoms with Crippen molar-refractivity contribution in [1.29, 1.82) is 0 Å². The van der Waals surface area contributed by atoms with E-state index in [1.54, 1.807) is 6.92 Å². The molecule has 0 aliphatic heterocycles. The predicted octanol–water partition coefficient (Wildman–Crippen LogP) is 5.46. The highest BCUT2D eigenvalue weighted by molar-refractivity contribution is 6.08. The summed E-state index contributed by atoms with van der Waals surface area (Å²) in [6.07, 6.45) is 0.556. The lowest BCUT2D eigenvalue weighted by Crippen LogP contribution is -2.32. The summed E-state index contributed by atoms with van der Waals surface area (Å²) in [6.45, 7) is 13.3. The highest BCUT2D eigenvalue weighted by Crippen LogP contribution is 2.27. The molecular formula is C25H30O4. The smallest absolute Gasteiger partial charge is 0.333 e. The zero-order chi connectivity index (χ0) is 21.7. The molecule has 0 N–H and O–H groups in total. The topological polar surface area (TPSA) is 52.6 Å². The number of hydrogen-bond donors (Lipinski definition) is 0. The van der Waals surface area contributed by atoms with Gasteiger partial charge in [-0.15, -0.1) is 0 Å². The van der Waals surface area contributed by atoms with Gasteiger partial charge in [-0.1, -0.05) is 61.2 Å². The molecule has 0 radical (unpaired) electrons. The standard InChI is InChI=1S/C25H30O4/c1-18(2)23(27)29-24(3,4)16-17-28-25(5,6)21-14-12-20(13-15-21)22(26)19-10-8-7-9-11-19/h7-15H,1,16-17H2,2-6H3. The third kappa shape index (κ3) is 6.40. The number of benzene rings is 2. The van der Waals surface area contributed by atoms with Crippen molar-refractivity contribution in [2.45, 2.75) is 52.2 Å². The molecule has 2 rings (SSSR count). The number of carbonyl (C=O) groups excluding carboxylic acids is 2. The minimum atomic E-state index is -0.641. The number of hydrogen-bond acceptors (Lipinski definition) is 4. The van der Waals surface area contributed by atoms with Crippen molar-refractivity contribution in [1.82, 2.24) is 0 Å². The number of esters is 1. The van der Waals surface area contributed by atoms with E-state index in [0.29, 0.717) is 29.7 Å². The third-order valence-corrected chi connectivity index (χ3v) is 4.76. The third-order valence-electron chi connectivity index (χ3n) is 4.76. The molecule has 0 atom stereocenters. The van der Waals surface area contributed by atoms with E-state index in [-0.39, 0.29) is 5.78 Å². The van der Waals surface area contributed by atoms with Crippen LogP contribution in [0.2, 0.25) is 0 Å². The molecule has 0 amide bonds. The van der Waals surface area contributed by atoms with Gasteiger partial charge in [-0.25, -0.2) is 4.79 Å². The van der Waals surface area contributed by atoms with Gasteiger partial charge in [0.15, 0.2) is 5.78 Å². The Labute approximate surface area is 173 Å². The van der Waals surface area contributed by atoms with Gasteiger partial charge < -0.3 is 9.47 Å². The van der Waals surface area contributed by atoms with E-state index >= 15 is 0 Å². The Hall–Kier alpha value is -2.72. The Bertz CT molecular complexity index is 861. The Morgan fingerprint density at radius 1 is 0.897 bits per heavy atom. The molecule has 0 fully saturated rings. The highest BCUT2D eigenvalue weighted by atomic mass is 16.6. The molecule has 154 valence electrons. The van der Waals surface area contributed by atoms with Crippen molar-refractivity contribution in [3.8, 4) is 0 Å². The summed E-state index contributed by atoms with van der Waals surface area (Å²) in [6, 6.07) is 16.7. The normalized spacial score (nSPS) is 11.8. The van der Waals surface area contributed by atoms with Gasteiger partial charge in [0.05, 0.1) is 12.2 Å². The Morgan fingerprint density at radius 2 is 1.45 bits per heavy atom. The molecule has 4 nitrogen and oxygen atoms in total. The van der Waals surface area contributed by atoms with Crippen molar-refractivity contribution >= 4 is 11.8 Å². The second-order valence-corrected chi connectivity index (χ2v) is 8.31. The van der Waals surface area contributed by atoms with E-state index in [0.717, 1.165) is 5.56 Å². The van der Waals surface area contributed by atoms with Crippen LogP contribution in [0.15, 0.2) is 66.7 Å². The van der Waals surface area contributed by atoms with Crippen LogP contribution in [0.3, 0.4) is 0 Å². The van der Waals surface area contributed by atoms with Crippen LogP contribution in [-0.4, -0.2) is 24.0 Å². The molecule has 4 heteroatoms. The summed E-state index contributed by atoms with van der Waals surface area (Å²) in [7, 11) is 0. The van der Waals surface area contributed by atoms with Gasteiger partial charge in [-0.3, -0.25) is 4.79 Å². The number of carbonyl (C=O) groups is 2. The van der Waals surface area contributed by atoms with Crippen LogP contribution in [0.1, 0.15) is 62.5 Å². The number of ketones is 1. The Kier molecular flexibility index (Phi) is 7.15. The molecule has 0 aliphatic carbocycles. The average Bonchev–Trinajstić information content (AvgIpc) is 2.67. The van der Waals surface area contributed by atoms with Crippen LogP contribution < -0.4 is 0 Å². The van der Waals surface area contributed by atoms with Crippen LogP contribution in [0.4, 0.5) is 0 Å². The summed E-state index contributed by atoms with van der Waals surface area (Å²) < 4.78 is 11.5. The lowest BCUT2D eigenvalue weighted by Gasteiger charge is -2.30. The molecule has 0 saturated carbocycles. The van der Waals surface area contributed by atoms with Crippen molar-refractivity contribution in [2.24, 2.45) is 0 Å². The van der Waals surface area contributed by atoms with Crippen LogP contribution in [0.5, 0.6) is 0 Å². The molecule has 29 heavy (non-hydrogen) atoms. The zero-order valence-corrected chi connectivity index (χ0v) is 18.0. The van der Waals surface area contributed by atoms with Crippen molar-refractivity contribution in [3.05, 3.63) is 83.4 Å². The van der Waals surface area contributed by atoms with Gasteiger partial charge in [0.2, 0.25) is 0 Å². The summed E-state index contributed by atoms with van der Waals surface area (Å²) in [5, 5.41) is 0. The van der Waals surface area contributed by atoms with Gasteiger partial charge in [0, 0.05) is 23.1 Å². The number of rotatable bonds is 9. The summed E-state index contributed by atoms with van der Waals surface area (Å²) in [4.78, 5) is 24.3. The minimum absolute atomic E-state index is 0.00282. The first kappa shape index (κ1) is 22.6. The predicted molar refractivity (Wildman–Crippen MR) is 115 cm³/mol. The van der Waals surface area contributed by atoms with E-state index in [4.69, 9.17) is 9.47 Å². The lowest BCUT2D eigenvalue weighted by atomic mass is 9.94. The first-order valence-electron chi connectivity index (χ1n) is 9.75. The van der Waals surface area contributed by atoms with E-state index in [1.165, 1.54) is 0 Å². The maximum absolute atomic E-state index is 12.5. The first-order valence-corrected chi connectivity index (χ1v) is 9.75. The summed E-state index contributed by atoms with van der Waals surface area (Å²) >= 11 is 0. The van der Waals surface area contributed by atoms with Crippen molar-refractivity contribution in [3.63, 3.8) is 0 Å². The highest BCUT2D eigenvalue weighted by Gasteiger charge is 2.26. The Morgan fingerprint density at radius 3 is 2.00 bits per heavy atom. The molecule has 0 aliphatic rings. The van der Waals surface area contributed by atoms with Gasteiger partial charge in [0.25, 0.3) is 0 Å². The first-order chi connectivity index (χ1) is 13.5. The number of ether oxygens (including phenoxy) is 2. The summed E-state index contributed by atoms with van der Waals surface area (Å²) in [5.74, 6) is -0.398. The average molecular weight is 395 g/mol. The van der Waals surface area contributed by atoms with Crippen molar-refractivity contribution in [2.75, 3.05) is 6.61 Å². The molecule has 0 saturated heterocycles. The van der Waals surface area contributed by atoms with Gasteiger partial charge in [-0.2, -0.15) is 0 Å². The fourth-order valence-corrected chi connectivity index (χ4v) is 2.80. The molecular weight excluding hydrogens is 364 g/mol. The van der Waals surface area contributed by atoms with E-state index in [2.05, 4.69) is 6.58 Å². The fourth-order valence-electron chi connectivity index (χ4n) is 2.80. The van der Waals surface area contributed by atoms with Gasteiger partial charge in [-0.05, 0) is 40.2 Å². The van der Waals surface area contributed by atoms with E-state index in [1.807, 2.05) is 82.3 Å². The van der Waals surface area contributed by atoms with E-state index < -0.39 is 17.2 Å². The lowest BCUT2D eigenvalue weighted by molar-refractivity contribution is -0.154. The SMILES string of the molecule is C=C(C)C(=O)OC(C)(C)CCOC(C)(C)c1ccc(C(=O)c2ccccc2)cc1. The van der Waals surface area contributed by atoms with Crippen LogP contribution >= 0.6 is 0 Å². The van der Waals surface area contributed by atoms with Crippen LogP contribution in [0.25, 0.3) is 0 Å².